The number of anilines is 3. The maximum atomic E-state index is 12.4. The molecule has 0 saturated heterocycles. The average molecular weight is 324 g/mol. The van der Waals surface area contributed by atoms with Gasteiger partial charge < -0.3 is 10.6 Å². The van der Waals surface area contributed by atoms with Crippen molar-refractivity contribution in [1.82, 2.24) is 9.97 Å². The van der Waals surface area contributed by atoms with Gasteiger partial charge in [0, 0.05) is 17.3 Å². The van der Waals surface area contributed by atoms with Crippen molar-refractivity contribution in [3.63, 3.8) is 0 Å². The molecule has 0 atom stereocenters. The molecule has 3 rings (SSSR count). The van der Waals surface area contributed by atoms with E-state index in [-0.39, 0.29) is 5.91 Å². The Balaban J connectivity index is 1.74. The van der Waals surface area contributed by atoms with Crippen molar-refractivity contribution in [2.45, 2.75) is 13.8 Å². The third-order valence-electron chi connectivity index (χ3n) is 3.36. The van der Waals surface area contributed by atoms with E-state index in [4.69, 9.17) is 0 Å². The SMILES string of the molecule is Cc1cccc(C)c1NC(=O)c1csc(Nc2ccccn2)n1. The van der Waals surface area contributed by atoms with Gasteiger partial charge in [0.15, 0.2) is 5.13 Å². The number of rotatable bonds is 4. The predicted octanol–water partition coefficient (Wildman–Crippen LogP) is 4.15. The van der Waals surface area contributed by atoms with E-state index in [1.807, 2.05) is 50.2 Å². The van der Waals surface area contributed by atoms with Gasteiger partial charge in [-0.1, -0.05) is 24.3 Å². The molecular formula is C17H16N4OS. The highest BCUT2D eigenvalue weighted by molar-refractivity contribution is 7.14. The van der Waals surface area contributed by atoms with Crippen molar-refractivity contribution in [1.29, 1.82) is 0 Å². The van der Waals surface area contributed by atoms with Crippen molar-refractivity contribution in [3.05, 3.63) is 64.8 Å². The number of aromatic nitrogens is 2. The standard InChI is InChI=1S/C17H16N4OS/c1-11-6-5-7-12(2)15(11)21-16(22)13-10-23-17(19-13)20-14-8-3-4-9-18-14/h3-10H,1-2H3,(H,21,22)(H,18,19,20). The van der Waals surface area contributed by atoms with Gasteiger partial charge in [-0.25, -0.2) is 9.97 Å². The number of hydrogen-bond acceptors (Lipinski definition) is 5. The molecule has 0 aliphatic heterocycles. The first kappa shape index (κ1) is 15.2. The van der Waals surface area contributed by atoms with Crippen LogP contribution >= 0.6 is 11.3 Å². The summed E-state index contributed by atoms with van der Waals surface area (Å²) in [4.78, 5) is 20.9. The monoisotopic (exact) mass is 324 g/mol. The van der Waals surface area contributed by atoms with Gasteiger partial charge in [0.2, 0.25) is 0 Å². The van der Waals surface area contributed by atoms with Gasteiger partial charge in [0.1, 0.15) is 11.5 Å². The lowest BCUT2D eigenvalue weighted by atomic mass is 10.1. The molecule has 116 valence electrons. The summed E-state index contributed by atoms with van der Waals surface area (Å²) in [6, 6.07) is 11.5. The molecule has 0 radical (unpaired) electrons. The molecule has 0 fully saturated rings. The normalized spacial score (nSPS) is 10.3. The summed E-state index contributed by atoms with van der Waals surface area (Å²) in [7, 11) is 0. The highest BCUT2D eigenvalue weighted by atomic mass is 32.1. The van der Waals surface area contributed by atoms with Crippen LogP contribution in [0.25, 0.3) is 0 Å². The van der Waals surface area contributed by atoms with Gasteiger partial charge in [-0.15, -0.1) is 11.3 Å². The molecular weight excluding hydrogens is 308 g/mol. The topological polar surface area (TPSA) is 66.9 Å². The van der Waals surface area contributed by atoms with Gasteiger partial charge in [0.25, 0.3) is 5.91 Å². The lowest BCUT2D eigenvalue weighted by Gasteiger charge is -2.10. The highest BCUT2D eigenvalue weighted by Crippen LogP contribution is 2.23. The summed E-state index contributed by atoms with van der Waals surface area (Å²) < 4.78 is 0. The smallest absolute Gasteiger partial charge is 0.275 e. The Kier molecular flexibility index (Phi) is 4.34. The van der Waals surface area contributed by atoms with E-state index in [0.29, 0.717) is 16.6 Å². The van der Waals surface area contributed by atoms with Crippen LogP contribution in [0.5, 0.6) is 0 Å². The third-order valence-corrected chi connectivity index (χ3v) is 4.11. The molecule has 0 bridgehead atoms. The average Bonchev–Trinajstić information content (AvgIpc) is 3.00. The van der Waals surface area contributed by atoms with E-state index in [1.165, 1.54) is 11.3 Å². The van der Waals surface area contributed by atoms with Gasteiger partial charge >= 0.3 is 0 Å². The van der Waals surface area contributed by atoms with Crippen LogP contribution in [0.15, 0.2) is 48.0 Å². The molecule has 1 aromatic carbocycles. The van der Waals surface area contributed by atoms with Crippen LogP contribution in [-0.4, -0.2) is 15.9 Å². The summed E-state index contributed by atoms with van der Waals surface area (Å²) in [5, 5.41) is 8.38. The van der Waals surface area contributed by atoms with Crippen LogP contribution in [-0.2, 0) is 0 Å². The number of para-hydroxylation sites is 1. The molecule has 2 aromatic heterocycles. The Hall–Kier alpha value is -2.73. The number of aryl methyl sites for hydroxylation is 2. The summed E-state index contributed by atoms with van der Waals surface area (Å²) >= 11 is 1.37. The molecule has 0 aliphatic carbocycles. The molecule has 0 saturated carbocycles. The number of thiazole rings is 1. The molecule has 2 heterocycles. The van der Waals surface area contributed by atoms with Gasteiger partial charge in [0.05, 0.1) is 0 Å². The molecule has 0 aliphatic rings. The number of pyridine rings is 1. The zero-order chi connectivity index (χ0) is 16.2. The van der Waals surface area contributed by atoms with Crippen LogP contribution in [0.1, 0.15) is 21.6 Å². The van der Waals surface area contributed by atoms with Crippen molar-refractivity contribution < 1.29 is 4.79 Å². The Morgan fingerprint density at radius 1 is 1.09 bits per heavy atom. The predicted molar refractivity (Wildman–Crippen MR) is 93.5 cm³/mol. The number of nitrogens with one attached hydrogen (secondary N) is 2. The Bertz CT molecular complexity index is 809. The maximum absolute atomic E-state index is 12.4. The zero-order valence-electron chi connectivity index (χ0n) is 12.8. The second kappa shape index (κ2) is 6.58. The Morgan fingerprint density at radius 3 is 2.57 bits per heavy atom. The Labute approximate surface area is 138 Å². The molecule has 6 heteroatoms. The summed E-state index contributed by atoms with van der Waals surface area (Å²) in [5.41, 5.74) is 3.28. The Morgan fingerprint density at radius 2 is 1.87 bits per heavy atom. The fraction of sp³-hybridized carbons (Fsp3) is 0.118. The number of carbonyl (C=O) groups excluding carboxylic acids is 1. The fourth-order valence-corrected chi connectivity index (χ4v) is 2.87. The van der Waals surface area contributed by atoms with Gasteiger partial charge in [-0.05, 0) is 37.1 Å². The van der Waals surface area contributed by atoms with Crippen molar-refractivity contribution in [3.8, 4) is 0 Å². The van der Waals surface area contributed by atoms with E-state index >= 15 is 0 Å². The quantitative estimate of drug-likeness (QED) is 0.756. The van der Waals surface area contributed by atoms with Crippen molar-refractivity contribution >= 4 is 33.9 Å². The fourth-order valence-electron chi connectivity index (χ4n) is 2.17. The van der Waals surface area contributed by atoms with E-state index in [9.17, 15) is 4.79 Å². The number of amides is 1. The lowest BCUT2D eigenvalue weighted by molar-refractivity contribution is 0.102. The van der Waals surface area contributed by atoms with Crippen LogP contribution in [0.3, 0.4) is 0 Å². The van der Waals surface area contributed by atoms with E-state index in [2.05, 4.69) is 20.6 Å². The molecule has 0 spiro atoms. The highest BCUT2D eigenvalue weighted by Gasteiger charge is 2.13. The van der Waals surface area contributed by atoms with Crippen LogP contribution < -0.4 is 10.6 Å². The van der Waals surface area contributed by atoms with E-state index in [0.717, 1.165) is 16.8 Å². The summed E-state index contributed by atoms with van der Waals surface area (Å²) in [6.45, 7) is 3.94. The van der Waals surface area contributed by atoms with Crippen LogP contribution in [0, 0.1) is 13.8 Å². The molecule has 0 unspecified atom stereocenters. The largest absolute Gasteiger partial charge is 0.320 e. The zero-order valence-corrected chi connectivity index (χ0v) is 13.6. The lowest BCUT2D eigenvalue weighted by Crippen LogP contribution is -2.14. The van der Waals surface area contributed by atoms with E-state index < -0.39 is 0 Å². The minimum absolute atomic E-state index is 0.215. The van der Waals surface area contributed by atoms with Crippen molar-refractivity contribution in [2.24, 2.45) is 0 Å². The maximum Gasteiger partial charge on any atom is 0.275 e. The van der Waals surface area contributed by atoms with Gasteiger partial charge in [-0.3, -0.25) is 4.79 Å². The molecule has 23 heavy (non-hydrogen) atoms. The van der Waals surface area contributed by atoms with Crippen molar-refractivity contribution in [2.75, 3.05) is 10.6 Å². The van der Waals surface area contributed by atoms with Crippen LogP contribution in [0.2, 0.25) is 0 Å². The molecule has 5 nitrogen and oxygen atoms in total. The number of benzene rings is 1. The summed E-state index contributed by atoms with van der Waals surface area (Å²) in [5.74, 6) is 0.483. The second-order valence-electron chi connectivity index (χ2n) is 5.10. The summed E-state index contributed by atoms with van der Waals surface area (Å²) in [6.07, 6.45) is 1.70. The first-order valence-electron chi connectivity index (χ1n) is 7.14. The van der Waals surface area contributed by atoms with E-state index in [1.54, 1.807) is 11.6 Å². The minimum Gasteiger partial charge on any atom is -0.320 e. The number of hydrogen-bond donors (Lipinski definition) is 2. The van der Waals surface area contributed by atoms with Gasteiger partial charge in [-0.2, -0.15) is 0 Å². The molecule has 1 amide bonds. The second-order valence-corrected chi connectivity index (χ2v) is 5.96. The van der Waals surface area contributed by atoms with Crippen LogP contribution in [0.4, 0.5) is 16.6 Å². The third kappa shape index (κ3) is 3.54. The number of carbonyl (C=O) groups is 1. The molecule has 3 aromatic rings. The molecule has 2 N–H and O–H groups in total. The first-order valence-corrected chi connectivity index (χ1v) is 8.02. The first-order chi connectivity index (χ1) is 11.1. The minimum atomic E-state index is -0.215. The number of nitrogens with zero attached hydrogens (tertiary/aromatic N) is 2.